The molecule has 28 heavy (non-hydrogen) atoms. The summed E-state index contributed by atoms with van der Waals surface area (Å²) in [7, 11) is 1.74. The lowest BCUT2D eigenvalue weighted by Gasteiger charge is -2.17. The highest BCUT2D eigenvalue weighted by Crippen LogP contribution is 2.22. The zero-order valence-electron chi connectivity index (χ0n) is 15.6. The van der Waals surface area contributed by atoms with Crippen LogP contribution in [0.4, 0.5) is 4.79 Å². The first-order valence-electron chi connectivity index (χ1n) is 9.10. The molecule has 0 saturated heterocycles. The molecule has 0 N–H and O–H groups in total. The van der Waals surface area contributed by atoms with Gasteiger partial charge in [-0.15, -0.1) is 0 Å². The average molecular weight is 368 g/mol. The van der Waals surface area contributed by atoms with E-state index in [-0.39, 0.29) is 6.09 Å². The van der Waals surface area contributed by atoms with Crippen LogP contribution in [0.5, 0.6) is 5.75 Å². The molecular weight excluding hydrogens is 348 g/mol. The molecule has 0 unspecified atom stereocenters. The molecule has 1 heterocycles. The van der Waals surface area contributed by atoms with E-state index >= 15 is 0 Å². The highest BCUT2D eigenvalue weighted by atomic mass is 16.6. The Bertz CT molecular complexity index is 1110. The lowest BCUT2D eigenvalue weighted by atomic mass is 10.0. The molecule has 0 radical (unpaired) electrons. The Morgan fingerprint density at radius 1 is 0.857 bits per heavy atom. The lowest BCUT2D eigenvalue weighted by Crippen LogP contribution is -2.29. The second-order valence-electron chi connectivity index (χ2n) is 6.67. The molecule has 4 heteroatoms. The zero-order valence-corrected chi connectivity index (χ0v) is 15.6. The number of amides is 1. The maximum atomic E-state index is 12.5. The molecule has 0 atom stereocenters. The molecule has 0 aliphatic rings. The van der Waals surface area contributed by atoms with E-state index in [1.807, 2.05) is 72.8 Å². The van der Waals surface area contributed by atoms with Gasteiger partial charge in [0.05, 0.1) is 0 Å². The minimum atomic E-state index is -0.385. The quantitative estimate of drug-likeness (QED) is 0.475. The van der Waals surface area contributed by atoms with Crippen LogP contribution in [-0.4, -0.2) is 23.0 Å². The van der Waals surface area contributed by atoms with E-state index in [1.165, 1.54) is 0 Å². The number of carbonyl (C=O) groups is 1. The van der Waals surface area contributed by atoms with Gasteiger partial charge in [0.1, 0.15) is 5.75 Å². The molecule has 3 aromatic carbocycles. The molecular formula is C24H20N2O2. The van der Waals surface area contributed by atoms with E-state index in [4.69, 9.17) is 4.74 Å². The van der Waals surface area contributed by atoms with E-state index in [1.54, 1.807) is 24.3 Å². The first-order valence-corrected chi connectivity index (χ1v) is 9.10. The van der Waals surface area contributed by atoms with E-state index in [0.717, 1.165) is 27.5 Å². The van der Waals surface area contributed by atoms with Crippen molar-refractivity contribution in [3.05, 3.63) is 96.8 Å². The Balaban J connectivity index is 1.45. The summed E-state index contributed by atoms with van der Waals surface area (Å²) < 4.78 is 5.55. The number of pyridine rings is 1. The Kier molecular flexibility index (Phi) is 5.02. The molecule has 4 nitrogen and oxygen atoms in total. The summed E-state index contributed by atoms with van der Waals surface area (Å²) in [6.07, 6.45) is 3.16. The van der Waals surface area contributed by atoms with Crippen LogP contribution in [0.3, 0.4) is 0 Å². The third-order valence-corrected chi connectivity index (χ3v) is 4.60. The molecule has 4 aromatic rings. The van der Waals surface area contributed by atoms with Gasteiger partial charge in [0.15, 0.2) is 0 Å². The number of nitrogens with zero attached hydrogens (tertiary/aromatic N) is 2. The van der Waals surface area contributed by atoms with E-state index < -0.39 is 0 Å². The number of hydrogen-bond donors (Lipinski definition) is 0. The first-order chi connectivity index (χ1) is 13.7. The SMILES string of the molecule is CN(Cc1cccc(-c2ccncc2)c1)C(=O)Oc1ccc2ccccc2c1. The number of hydrogen-bond acceptors (Lipinski definition) is 3. The molecule has 1 amide bonds. The third-order valence-electron chi connectivity index (χ3n) is 4.60. The number of carbonyl (C=O) groups excluding carboxylic acids is 1. The monoisotopic (exact) mass is 368 g/mol. The van der Waals surface area contributed by atoms with Crippen molar-refractivity contribution in [2.24, 2.45) is 0 Å². The second-order valence-corrected chi connectivity index (χ2v) is 6.67. The molecule has 0 aliphatic carbocycles. The smallest absolute Gasteiger partial charge is 0.410 e. The maximum Gasteiger partial charge on any atom is 0.415 e. The molecule has 0 saturated carbocycles. The van der Waals surface area contributed by atoms with E-state index in [9.17, 15) is 4.79 Å². The average Bonchev–Trinajstić information content (AvgIpc) is 2.74. The largest absolute Gasteiger partial charge is 0.415 e. The molecule has 4 rings (SSSR count). The molecule has 0 aliphatic heterocycles. The van der Waals surface area contributed by atoms with Crippen LogP contribution in [-0.2, 0) is 6.54 Å². The summed E-state index contributed by atoms with van der Waals surface area (Å²) in [6.45, 7) is 0.464. The highest BCUT2D eigenvalue weighted by molar-refractivity contribution is 5.84. The van der Waals surface area contributed by atoms with Crippen molar-refractivity contribution in [3.63, 3.8) is 0 Å². The van der Waals surface area contributed by atoms with Gasteiger partial charge >= 0.3 is 6.09 Å². The van der Waals surface area contributed by atoms with Gasteiger partial charge in [-0.3, -0.25) is 4.98 Å². The number of benzene rings is 3. The topological polar surface area (TPSA) is 42.4 Å². The fraction of sp³-hybridized carbons (Fsp3) is 0.0833. The molecule has 138 valence electrons. The highest BCUT2D eigenvalue weighted by Gasteiger charge is 2.12. The van der Waals surface area contributed by atoms with E-state index in [2.05, 4.69) is 11.1 Å². The summed E-state index contributed by atoms with van der Waals surface area (Å²) in [5, 5.41) is 2.16. The zero-order chi connectivity index (χ0) is 19.3. The maximum absolute atomic E-state index is 12.5. The van der Waals surface area contributed by atoms with Gasteiger partial charge in [0.2, 0.25) is 0 Å². The number of ether oxygens (including phenoxy) is 1. The fourth-order valence-electron chi connectivity index (χ4n) is 3.14. The standard InChI is InChI=1S/C24H20N2O2/c1-26(17-18-5-4-8-21(15-18)20-11-13-25-14-12-20)24(27)28-23-10-9-19-6-2-3-7-22(19)16-23/h2-16H,17H2,1H3. The Labute approximate surface area is 164 Å². The van der Waals surface area contributed by atoms with Crippen LogP contribution in [0.2, 0.25) is 0 Å². The van der Waals surface area contributed by atoms with Crippen molar-refractivity contribution in [1.29, 1.82) is 0 Å². The van der Waals surface area contributed by atoms with Crippen LogP contribution in [0.25, 0.3) is 21.9 Å². The first kappa shape index (κ1) is 17.7. The summed E-state index contributed by atoms with van der Waals surface area (Å²) in [6, 6.07) is 25.7. The predicted molar refractivity (Wildman–Crippen MR) is 111 cm³/mol. The third kappa shape index (κ3) is 4.01. The van der Waals surface area contributed by atoms with Gasteiger partial charge < -0.3 is 9.64 Å². The molecule has 0 spiro atoms. The molecule has 0 bridgehead atoms. The second kappa shape index (κ2) is 7.92. The van der Waals surface area contributed by atoms with E-state index in [0.29, 0.717) is 12.3 Å². The van der Waals surface area contributed by atoms with Crippen molar-refractivity contribution >= 4 is 16.9 Å². The van der Waals surface area contributed by atoms with Crippen LogP contribution in [0.1, 0.15) is 5.56 Å². The van der Waals surface area contributed by atoms with Gasteiger partial charge in [0, 0.05) is 26.0 Å². The Hall–Kier alpha value is -3.66. The van der Waals surface area contributed by atoms with Gasteiger partial charge in [0.25, 0.3) is 0 Å². The van der Waals surface area contributed by atoms with Crippen molar-refractivity contribution in [1.82, 2.24) is 9.88 Å². The van der Waals surface area contributed by atoms with Crippen LogP contribution >= 0.6 is 0 Å². The summed E-state index contributed by atoms with van der Waals surface area (Å²) in [4.78, 5) is 18.1. The van der Waals surface area contributed by atoms with Crippen LogP contribution < -0.4 is 4.74 Å². The fourth-order valence-corrected chi connectivity index (χ4v) is 3.14. The molecule has 0 fully saturated rings. The van der Waals surface area contributed by atoms with Crippen molar-refractivity contribution in [2.75, 3.05) is 7.05 Å². The Morgan fingerprint density at radius 3 is 2.46 bits per heavy atom. The number of aromatic nitrogens is 1. The summed E-state index contributed by atoms with van der Waals surface area (Å²) in [5.41, 5.74) is 3.22. The Morgan fingerprint density at radius 2 is 1.64 bits per heavy atom. The minimum Gasteiger partial charge on any atom is -0.410 e. The number of fused-ring (bicyclic) bond motifs is 1. The lowest BCUT2D eigenvalue weighted by molar-refractivity contribution is 0.161. The van der Waals surface area contributed by atoms with Crippen LogP contribution in [0, 0.1) is 0 Å². The normalized spacial score (nSPS) is 10.6. The summed E-state index contributed by atoms with van der Waals surface area (Å²) >= 11 is 0. The minimum absolute atomic E-state index is 0.385. The van der Waals surface area contributed by atoms with Crippen molar-refractivity contribution in [3.8, 4) is 16.9 Å². The van der Waals surface area contributed by atoms with Gasteiger partial charge in [-0.05, 0) is 57.8 Å². The van der Waals surface area contributed by atoms with Crippen LogP contribution in [0.15, 0.2) is 91.3 Å². The number of rotatable bonds is 4. The summed E-state index contributed by atoms with van der Waals surface area (Å²) in [5.74, 6) is 0.543. The van der Waals surface area contributed by atoms with Gasteiger partial charge in [-0.1, -0.05) is 48.5 Å². The van der Waals surface area contributed by atoms with Gasteiger partial charge in [-0.25, -0.2) is 4.79 Å². The van der Waals surface area contributed by atoms with Crippen molar-refractivity contribution in [2.45, 2.75) is 6.54 Å². The van der Waals surface area contributed by atoms with Gasteiger partial charge in [-0.2, -0.15) is 0 Å². The molecule has 1 aromatic heterocycles. The van der Waals surface area contributed by atoms with Crippen molar-refractivity contribution < 1.29 is 9.53 Å². The predicted octanol–water partition coefficient (Wildman–Crippen LogP) is 5.53.